The Morgan fingerprint density at radius 1 is 1.19 bits per heavy atom. The maximum absolute atomic E-state index is 12.4. The lowest BCUT2D eigenvalue weighted by molar-refractivity contribution is -0.885. The number of nitrogens with one attached hydrogen (secondary N) is 3. The van der Waals surface area contributed by atoms with Gasteiger partial charge in [-0.1, -0.05) is 18.2 Å². The molecule has 1 atom stereocenters. The maximum Gasteiger partial charge on any atom is 0.279 e. The number of para-hydroxylation sites is 1. The molecule has 0 spiro atoms. The molecular weight excluding hydrogens is 340 g/mol. The summed E-state index contributed by atoms with van der Waals surface area (Å²) in [6.45, 7) is 0.769. The molecule has 0 saturated heterocycles. The highest BCUT2D eigenvalue weighted by atomic mass is 16.2. The third kappa shape index (κ3) is 3.90. The summed E-state index contributed by atoms with van der Waals surface area (Å²) >= 11 is 0. The summed E-state index contributed by atoms with van der Waals surface area (Å²) in [5.74, 6) is 0.537. The van der Waals surface area contributed by atoms with E-state index in [4.69, 9.17) is 0 Å². The smallest absolute Gasteiger partial charge is 0.279 e. The number of aromatic amines is 1. The number of fused-ring (bicyclic) bond motifs is 2. The zero-order valence-corrected chi connectivity index (χ0v) is 15.3. The Kier molecular flexibility index (Phi) is 4.73. The second kappa shape index (κ2) is 7.32. The molecule has 6 nitrogen and oxygen atoms in total. The lowest BCUT2D eigenvalue weighted by Gasteiger charge is -2.14. The Morgan fingerprint density at radius 2 is 2.00 bits per heavy atom. The number of H-pyrrole nitrogens is 1. The molecule has 1 unspecified atom stereocenters. The van der Waals surface area contributed by atoms with Crippen molar-refractivity contribution in [2.24, 2.45) is 0 Å². The third-order valence-corrected chi connectivity index (χ3v) is 4.98. The van der Waals surface area contributed by atoms with Crippen molar-refractivity contribution in [3.8, 4) is 0 Å². The largest absolute Gasteiger partial charge is 0.323 e. The van der Waals surface area contributed by atoms with Crippen molar-refractivity contribution in [1.29, 1.82) is 0 Å². The lowest BCUT2D eigenvalue weighted by Crippen LogP contribution is -3.08. The van der Waals surface area contributed by atoms with E-state index in [0.717, 1.165) is 23.4 Å². The number of quaternary nitrogens is 1. The third-order valence-electron chi connectivity index (χ3n) is 4.98. The minimum Gasteiger partial charge on any atom is -0.323 e. The standard InChI is InChI=1S/C21H22N4O2/c1-25(12-19-23-18-8-3-2-7-17(18)21(27)24-19)13-20(26)22-16-10-9-14-5-4-6-15(14)11-16/h2-3,7-11H,4-6,12-13H2,1H3,(H,22,26)(H,23,24,27)/p+1. The van der Waals surface area contributed by atoms with Crippen LogP contribution in [0, 0.1) is 0 Å². The zero-order chi connectivity index (χ0) is 18.8. The summed E-state index contributed by atoms with van der Waals surface area (Å²) in [6.07, 6.45) is 3.41. The average Bonchev–Trinajstić information content (AvgIpc) is 3.09. The van der Waals surface area contributed by atoms with Crippen molar-refractivity contribution in [3.63, 3.8) is 0 Å². The molecule has 0 bridgehead atoms. The van der Waals surface area contributed by atoms with Gasteiger partial charge in [0.25, 0.3) is 11.5 Å². The van der Waals surface area contributed by atoms with Crippen LogP contribution in [0.3, 0.4) is 0 Å². The number of carbonyl (C=O) groups excluding carboxylic acids is 1. The molecule has 1 heterocycles. The number of carbonyl (C=O) groups is 1. The molecule has 0 radical (unpaired) electrons. The molecule has 1 aromatic heterocycles. The number of likely N-dealkylation sites (N-methyl/N-ethyl adjacent to an activating group) is 1. The van der Waals surface area contributed by atoms with Crippen LogP contribution in [-0.4, -0.2) is 29.5 Å². The van der Waals surface area contributed by atoms with Crippen LogP contribution < -0.4 is 15.8 Å². The summed E-state index contributed by atoms with van der Waals surface area (Å²) in [7, 11) is 1.91. The van der Waals surface area contributed by atoms with Gasteiger partial charge in [-0.15, -0.1) is 0 Å². The van der Waals surface area contributed by atoms with Crippen molar-refractivity contribution in [2.75, 3.05) is 18.9 Å². The number of hydrogen-bond donors (Lipinski definition) is 3. The molecule has 3 aromatic rings. The molecule has 27 heavy (non-hydrogen) atoms. The second-order valence-electron chi connectivity index (χ2n) is 7.23. The molecule has 0 aliphatic heterocycles. The van der Waals surface area contributed by atoms with Crippen molar-refractivity contribution in [3.05, 3.63) is 69.8 Å². The first kappa shape index (κ1) is 17.4. The van der Waals surface area contributed by atoms with Gasteiger partial charge in [0.1, 0.15) is 6.54 Å². The highest BCUT2D eigenvalue weighted by Crippen LogP contribution is 2.24. The van der Waals surface area contributed by atoms with E-state index < -0.39 is 0 Å². The topological polar surface area (TPSA) is 79.3 Å². The van der Waals surface area contributed by atoms with Gasteiger partial charge in [0.2, 0.25) is 0 Å². The zero-order valence-electron chi connectivity index (χ0n) is 15.3. The Morgan fingerprint density at radius 3 is 2.89 bits per heavy atom. The first-order valence-corrected chi connectivity index (χ1v) is 9.29. The fourth-order valence-electron chi connectivity index (χ4n) is 3.70. The van der Waals surface area contributed by atoms with Gasteiger partial charge in [0, 0.05) is 5.69 Å². The Hall–Kier alpha value is -2.99. The van der Waals surface area contributed by atoms with E-state index >= 15 is 0 Å². The highest BCUT2D eigenvalue weighted by Gasteiger charge is 2.15. The van der Waals surface area contributed by atoms with Gasteiger partial charge >= 0.3 is 0 Å². The maximum atomic E-state index is 12.4. The van der Waals surface area contributed by atoms with Crippen LogP contribution in [-0.2, 0) is 24.2 Å². The van der Waals surface area contributed by atoms with Gasteiger partial charge in [-0.05, 0) is 54.7 Å². The van der Waals surface area contributed by atoms with Crippen LogP contribution in [0.1, 0.15) is 23.4 Å². The Labute approximate surface area is 157 Å². The van der Waals surface area contributed by atoms with Gasteiger partial charge in [-0.2, -0.15) is 0 Å². The second-order valence-corrected chi connectivity index (χ2v) is 7.23. The van der Waals surface area contributed by atoms with Crippen molar-refractivity contribution in [1.82, 2.24) is 9.97 Å². The number of anilines is 1. The number of aryl methyl sites for hydroxylation is 2. The number of hydrogen-bond acceptors (Lipinski definition) is 3. The number of nitrogens with zero attached hydrogens (tertiary/aromatic N) is 1. The lowest BCUT2D eigenvalue weighted by atomic mass is 10.1. The van der Waals surface area contributed by atoms with Crippen molar-refractivity contribution < 1.29 is 9.69 Å². The fraction of sp³-hybridized carbons (Fsp3) is 0.286. The monoisotopic (exact) mass is 363 g/mol. The molecule has 0 saturated carbocycles. The molecule has 0 fully saturated rings. The van der Waals surface area contributed by atoms with Crippen LogP contribution in [0.2, 0.25) is 0 Å². The highest BCUT2D eigenvalue weighted by molar-refractivity contribution is 5.91. The van der Waals surface area contributed by atoms with E-state index in [1.165, 1.54) is 17.5 Å². The van der Waals surface area contributed by atoms with Gasteiger partial charge in [0.05, 0.1) is 18.0 Å². The van der Waals surface area contributed by atoms with Crippen molar-refractivity contribution >= 4 is 22.5 Å². The quantitative estimate of drug-likeness (QED) is 0.634. The van der Waals surface area contributed by atoms with E-state index in [2.05, 4.69) is 27.4 Å². The molecule has 1 aliphatic carbocycles. The minimum absolute atomic E-state index is 0.0476. The van der Waals surface area contributed by atoms with E-state index in [0.29, 0.717) is 29.8 Å². The molecule has 6 heteroatoms. The van der Waals surface area contributed by atoms with Gasteiger partial charge in [-0.3, -0.25) is 9.59 Å². The summed E-state index contributed by atoms with van der Waals surface area (Å²) < 4.78 is 0. The van der Waals surface area contributed by atoms with Gasteiger partial charge < -0.3 is 15.2 Å². The SMILES string of the molecule is C[NH+](CC(=O)Nc1ccc2c(c1)CCC2)Cc1nc2ccccc2c(=O)[nH]1. The summed E-state index contributed by atoms with van der Waals surface area (Å²) in [5.41, 5.74) is 4.11. The number of rotatable bonds is 5. The predicted octanol–water partition coefficient (Wildman–Crippen LogP) is 1.07. The van der Waals surface area contributed by atoms with Crippen LogP contribution in [0.15, 0.2) is 47.3 Å². The first-order chi connectivity index (χ1) is 13.1. The van der Waals surface area contributed by atoms with Gasteiger partial charge in [-0.25, -0.2) is 4.98 Å². The summed E-state index contributed by atoms with van der Waals surface area (Å²) in [4.78, 5) is 32.8. The van der Waals surface area contributed by atoms with E-state index in [1.54, 1.807) is 6.07 Å². The molecule has 138 valence electrons. The molecule has 2 aromatic carbocycles. The molecule has 4 rings (SSSR count). The van der Waals surface area contributed by atoms with E-state index in [1.807, 2.05) is 31.3 Å². The predicted molar refractivity (Wildman–Crippen MR) is 105 cm³/mol. The summed E-state index contributed by atoms with van der Waals surface area (Å²) in [6, 6.07) is 13.4. The summed E-state index contributed by atoms with van der Waals surface area (Å²) in [5, 5.41) is 3.55. The molecule has 3 N–H and O–H groups in total. The minimum atomic E-state index is -0.147. The molecule has 1 amide bonds. The Balaban J connectivity index is 1.39. The van der Waals surface area contributed by atoms with Crippen LogP contribution >= 0.6 is 0 Å². The average molecular weight is 363 g/mol. The van der Waals surface area contributed by atoms with Crippen LogP contribution in [0.25, 0.3) is 10.9 Å². The normalized spacial score (nSPS) is 14.1. The Bertz CT molecular complexity index is 1060. The van der Waals surface area contributed by atoms with Crippen LogP contribution in [0.5, 0.6) is 0 Å². The van der Waals surface area contributed by atoms with E-state index in [-0.39, 0.29) is 11.5 Å². The number of amides is 1. The van der Waals surface area contributed by atoms with Crippen LogP contribution in [0.4, 0.5) is 5.69 Å². The van der Waals surface area contributed by atoms with E-state index in [9.17, 15) is 9.59 Å². The fourth-order valence-corrected chi connectivity index (χ4v) is 3.70. The molecular formula is C21H23N4O2+. The van der Waals surface area contributed by atoms with Crippen molar-refractivity contribution in [2.45, 2.75) is 25.8 Å². The molecule has 1 aliphatic rings. The van der Waals surface area contributed by atoms with Gasteiger partial charge in [0.15, 0.2) is 12.4 Å². The first-order valence-electron chi connectivity index (χ1n) is 9.29. The number of benzene rings is 2. The number of aromatic nitrogens is 2.